The average Bonchev–Trinajstić information content (AvgIpc) is 3.19. The van der Waals surface area contributed by atoms with Gasteiger partial charge in [0.25, 0.3) is 5.09 Å². The molecule has 1 aromatic heterocycles. The van der Waals surface area contributed by atoms with E-state index in [1.54, 1.807) is 0 Å². The molecular weight excluding hydrogens is 451 g/mol. The van der Waals surface area contributed by atoms with Gasteiger partial charge in [-0.1, -0.05) is 0 Å². The molecule has 0 saturated carbocycles. The van der Waals surface area contributed by atoms with Crippen LogP contribution in [0, 0.1) is 10.1 Å². The van der Waals surface area contributed by atoms with E-state index in [4.69, 9.17) is 4.74 Å². The molecule has 0 saturated heterocycles. The minimum Gasteiger partial charge on any atom is -0.385 e. The van der Waals surface area contributed by atoms with Crippen molar-refractivity contribution in [3.63, 3.8) is 0 Å². The summed E-state index contributed by atoms with van der Waals surface area (Å²) >= 11 is 0. The van der Waals surface area contributed by atoms with E-state index in [0.717, 1.165) is 0 Å². The number of ether oxygens (including phenoxy) is 2. The maximum Gasteiger partial charge on any atom is 0.491 e. The average molecular weight is 469 g/mol. The quantitative estimate of drug-likeness (QED) is 0.104. The molecule has 0 unspecified atom stereocenters. The summed E-state index contributed by atoms with van der Waals surface area (Å²) in [6, 6.07) is -1.65. The second kappa shape index (κ2) is 12.8. The molecule has 0 aliphatic rings. The number of nitrogens with one attached hydrogen (secondary N) is 3. The van der Waals surface area contributed by atoms with Crippen LogP contribution in [-0.4, -0.2) is 77.4 Å². The van der Waals surface area contributed by atoms with Crippen LogP contribution in [0.25, 0.3) is 0 Å². The monoisotopic (exact) mass is 469 g/mol. The zero-order valence-electron chi connectivity index (χ0n) is 16.2. The molecule has 0 fully saturated rings. The van der Waals surface area contributed by atoms with Gasteiger partial charge in [-0.25, -0.2) is 14.6 Å². The Hall–Kier alpha value is -3.76. The predicted molar refractivity (Wildman–Crippen MR) is 92.8 cm³/mol. The lowest BCUT2D eigenvalue weighted by Crippen LogP contribution is -2.46. The van der Waals surface area contributed by atoms with E-state index in [-0.39, 0.29) is 38.3 Å². The van der Waals surface area contributed by atoms with Crippen LogP contribution in [0.5, 0.6) is 0 Å². The van der Waals surface area contributed by atoms with E-state index >= 15 is 0 Å². The number of carbonyl (C=O) groups excluding carboxylic acids is 4. The van der Waals surface area contributed by atoms with Crippen LogP contribution in [0.1, 0.15) is 12.1 Å². The lowest BCUT2D eigenvalue weighted by Gasteiger charge is -2.16. The molecule has 1 rings (SSSR count). The van der Waals surface area contributed by atoms with Gasteiger partial charge in [0.15, 0.2) is 0 Å². The molecule has 0 radical (unpaired) electrons. The second-order valence-corrected chi connectivity index (χ2v) is 5.80. The van der Waals surface area contributed by atoms with Crippen molar-refractivity contribution in [1.82, 2.24) is 20.6 Å². The maximum absolute atomic E-state index is 12.3. The SMILES string of the molecule is O=C(COCCO[N+](=O)[O-])NCCC(=O)N[C@@H](Cc1c[nH]cn1)C(=O)OC(=O)C(F)(F)F. The highest BCUT2D eigenvalue weighted by molar-refractivity contribution is 5.93. The van der Waals surface area contributed by atoms with Crippen molar-refractivity contribution in [3.05, 3.63) is 28.3 Å². The Morgan fingerprint density at radius 3 is 2.53 bits per heavy atom. The molecule has 14 nitrogen and oxygen atoms in total. The van der Waals surface area contributed by atoms with Crippen LogP contribution in [0.15, 0.2) is 12.5 Å². The first kappa shape index (κ1) is 26.3. The number of amides is 2. The number of hydrogen-bond donors (Lipinski definition) is 3. The minimum atomic E-state index is -5.40. The summed E-state index contributed by atoms with van der Waals surface area (Å²) in [6.07, 6.45) is -3.62. The van der Waals surface area contributed by atoms with Crippen molar-refractivity contribution in [2.24, 2.45) is 0 Å². The van der Waals surface area contributed by atoms with Crippen molar-refractivity contribution < 1.29 is 51.7 Å². The lowest BCUT2D eigenvalue weighted by atomic mass is 10.1. The van der Waals surface area contributed by atoms with Crippen molar-refractivity contribution in [2.45, 2.75) is 25.1 Å². The van der Waals surface area contributed by atoms with Crippen LogP contribution >= 0.6 is 0 Å². The number of hydrogen-bond acceptors (Lipinski definition) is 10. The molecule has 0 aromatic carbocycles. The Morgan fingerprint density at radius 1 is 1.22 bits per heavy atom. The Labute approximate surface area is 176 Å². The first-order chi connectivity index (χ1) is 15.0. The van der Waals surface area contributed by atoms with Crippen molar-refractivity contribution in [2.75, 3.05) is 26.4 Å². The third-order valence-electron chi connectivity index (χ3n) is 3.34. The minimum absolute atomic E-state index is 0.193. The Kier molecular flexibility index (Phi) is 10.5. The molecule has 0 bridgehead atoms. The summed E-state index contributed by atoms with van der Waals surface area (Å²) in [5.41, 5.74) is 0.193. The van der Waals surface area contributed by atoms with Crippen LogP contribution in [0.4, 0.5) is 13.2 Å². The summed E-state index contributed by atoms with van der Waals surface area (Å²) in [7, 11) is 0. The topological polar surface area (TPSA) is 192 Å². The van der Waals surface area contributed by atoms with Crippen LogP contribution in [-0.2, 0) is 39.9 Å². The van der Waals surface area contributed by atoms with Crippen LogP contribution in [0.2, 0.25) is 0 Å². The van der Waals surface area contributed by atoms with E-state index in [9.17, 15) is 42.5 Å². The number of aromatic amines is 1. The van der Waals surface area contributed by atoms with E-state index in [0.29, 0.717) is 0 Å². The molecule has 1 atom stereocenters. The van der Waals surface area contributed by atoms with Crippen molar-refractivity contribution >= 4 is 23.8 Å². The fourth-order valence-corrected chi connectivity index (χ4v) is 1.99. The third kappa shape index (κ3) is 10.9. The number of aromatic nitrogens is 2. The van der Waals surface area contributed by atoms with Gasteiger partial charge < -0.3 is 29.9 Å². The molecule has 0 spiro atoms. The summed E-state index contributed by atoms with van der Waals surface area (Å²) in [4.78, 5) is 66.5. The van der Waals surface area contributed by atoms with Gasteiger partial charge in [-0.3, -0.25) is 9.59 Å². The number of esters is 2. The predicted octanol–water partition coefficient (Wildman–Crippen LogP) is -1.20. The van der Waals surface area contributed by atoms with Gasteiger partial charge >= 0.3 is 18.1 Å². The zero-order chi connectivity index (χ0) is 24.1. The first-order valence-corrected chi connectivity index (χ1v) is 8.70. The number of halogens is 3. The molecule has 1 aromatic rings. The normalized spacial score (nSPS) is 11.8. The lowest BCUT2D eigenvalue weighted by molar-refractivity contribution is -0.758. The summed E-state index contributed by atoms with van der Waals surface area (Å²) in [5, 5.41) is 13.3. The van der Waals surface area contributed by atoms with Gasteiger partial charge in [-0.15, -0.1) is 10.1 Å². The fourth-order valence-electron chi connectivity index (χ4n) is 1.99. The number of carbonyl (C=O) groups is 4. The molecule has 1 heterocycles. The Balaban J connectivity index is 2.47. The van der Waals surface area contributed by atoms with Gasteiger partial charge in [0, 0.05) is 25.6 Å². The van der Waals surface area contributed by atoms with Crippen molar-refractivity contribution in [1.29, 1.82) is 0 Å². The third-order valence-corrected chi connectivity index (χ3v) is 3.34. The standard InChI is InChI=1S/C15H18F3N5O9/c16-15(17,18)14(27)32-13(26)10(5-9-6-19-8-21-9)22-11(24)1-2-20-12(25)7-30-3-4-31-23(28)29/h6,8,10H,1-5,7H2,(H,19,21)(H,20,25)(H,22,24)/t10-/m0/s1. The van der Waals surface area contributed by atoms with E-state index in [2.05, 4.69) is 30.2 Å². The fraction of sp³-hybridized carbons (Fsp3) is 0.533. The summed E-state index contributed by atoms with van der Waals surface area (Å²) in [6.45, 7) is -1.32. The molecule has 3 N–H and O–H groups in total. The highest BCUT2D eigenvalue weighted by Gasteiger charge is 2.43. The van der Waals surface area contributed by atoms with Gasteiger partial charge in [0.2, 0.25) is 11.8 Å². The van der Waals surface area contributed by atoms with Gasteiger partial charge in [0.1, 0.15) is 19.3 Å². The van der Waals surface area contributed by atoms with Crippen molar-refractivity contribution in [3.8, 4) is 0 Å². The van der Waals surface area contributed by atoms with Crippen LogP contribution < -0.4 is 10.6 Å². The molecule has 17 heteroatoms. The molecule has 0 aliphatic heterocycles. The Bertz CT molecular complexity index is 801. The number of imidazole rings is 1. The number of alkyl halides is 3. The maximum atomic E-state index is 12.3. The number of H-pyrrole nitrogens is 1. The van der Waals surface area contributed by atoms with E-state index in [1.807, 2.05) is 0 Å². The Morgan fingerprint density at radius 2 is 1.94 bits per heavy atom. The second-order valence-electron chi connectivity index (χ2n) is 5.80. The molecule has 32 heavy (non-hydrogen) atoms. The van der Waals surface area contributed by atoms with Gasteiger partial charge in [-0.2, -0.15) is 13.2 Å². The zero-order valence-corrected chi connectivity index (χ0v) is 16.2. The molecule has 2 amide bonds. The first-order valence-electron chi connectivity index (χ1n) is 8.70. The number of rotatable bonds is 13. The molecule has 178 valence electrons. The van der Waals surface area contributed by atoms with Gasteiger partial charge in [0.05, 0.1) is 18.6 Å². The largest absolute Gasteiger partial charge is 0.491 e. The highest BCUT2D eigenvalue weighted by Crippen LogP contribution is 2.17. The molecule has 0 aliphatic carbocycles. The van der Waals surface area contributed by atoms with E-state index < -0.39 is 47.7 Å². The van der Waals surface area contributed by atoms with Gasteiger partial charge in [-0.05, 0) is 0 Å². The highest BCUT2D eigenvalue weighted by atomic mass is 19.4. The molecular formula is C15H18F3N5O9. The van der Waals surface area contributed by atoms with E-state index in [1.165, 1.54) is 12.5 Å². The smallest absolute Gasteiger partial charge is 0.385 e. The van der Waals surface area contributed by atoms with Crippen LogP contribution in [0.3, 0.4) is 0 Å². The number of nitrogens with zero attached hydrogens (tertiary/aromatic N) is 2. The summed E-state index contributed by atoms with van der Waals surface area (Å²) < 4.78 is 45.4. The summed E-state index contributed by atoms with van der Waals surface area (Å²) in [5.74, 6) is -5.89.